The highest BCUT2D eigenvalue weighted by molar-refractivity contribution is 6.44. The SMILES string of the molecule is C[C@H](OC(=O)c1c2c(nc3ccccc13)CCC2)C(=O)Nc1cc(Cl)c(Cl)cc1Cl. The van der Waals surface area contributed by atoms with Gasteiger partial charge < -0.3 is 10.1 Å². The zero-order valence-corrected chi connectivity index (χ0v) is 18.2. The van der Waals surface area contributed by atoms with E-state index in [4.69, 9.17) is 39.5 Å². The van der Waals surface area contributed by atoms with Crippen molar-refractivity contribution in [3.8, 4) is 0 Å². The third-order valence-corrected chi connectivity index (χ3v) is 6.08. The molecule has 0 saturated carbocycles. The zero-order chi connectivity index (χ0) is 21.4. The van der Waals surface area contributed by atoms with Gasteiger partial charge in [-0.25, -0.2) is 4.79 Å². The number of hydrogen-bond donors (Lipinski definition) is 1. The Balaban J connectivity index is 1.57. The molecule has 1 atom stereocenters. The van der Waals surface area contributed by atoms with Crippen LogP contribution in [0.2, 0.25) is 15.1 Å². The summed E-state index contributed by atoms with van der Waals surface area (Å²) < 4.78 is 5.52. The van der Waals surface area contributed by atoms with Gasteiger partial charge in [0, 0.05) is 11.1 Å². The van der Waals surface area contributed by atoms with Gasteiger partial charge in [0.1, 0.15) is 0 Å². The van der Waals surface area contributed by atoms with E-state index < -0.39 is 18.0 Å². The molecule has 0 saturated heterocycles. The number of halogens is 3. The summed E-state index contributed by atoms with van der Waals surface area (Å²) >= 11 is 18.0. The maximum atomic E-state index is 13.1. The maximum Gasteiger partial charge on any atom is 0.339 e. The summed E-state index contributed by atoms with van der Waals surface area (Å²) in [6.45, 7) is 1.50. The second kappa shape index (κ2) is 8.42. The first-order chi connectivity index (χ1) is 14.3. The fourth-order valence-electron chi connectivity index (χ4n) is 3.57. The number of benzene rings is 2. The Kier molecular flexibility index (Phi) is 5.87. The van der Waals surface area contributed by atoms with Crippen LogP contribution < -0.4 is 5.32 Å². The summed E-state index contributed by atoms with van der Waals surface area (Å²) in [5.74, 6) is -1.08. The zero-order valence-electron chi connectivity index (χ0n) is 16.0. The molecular formula is C22H17Cl3N2O3. The van der Waals surface area contributed by atoms with Gasteiger partial charge in [0.2, 0.25) is 0 Å². The molecule has 1 N–H and O–H groups in total. The van der Waals surface area contributed by atoms with Gasteiger partial charge in [-0.15, -0.1) is 0 Å². The molecule has 2 aromatic carbocycles. The van der Waals surface area contributed by atoms with Crippen LogP contribution in [0.25, 0.3) is 10.9 Å². The topological polar surface area (TPSA) is 68.3 Å². The largest absolute Gasteiger partial charge is 0.449 e. The number of nitrogens with zero attached hydrogens (tertiary/aromatic N) is 1. The number of esters is 1. The van der Waals surface area contributed by atoms with Crippen LogP contribution >= 0.6 is 34.8 Å². The summed E-state index contributed by atoms with van der Waals surface area (Å²) in [7, 11) is 0. The number of aryl methyl sites for hydroxylation is 1. The Morgan fingerprint density at radius 1 is 1.07 bits per heavy atom. The van der Waals surface area contributed by atoms with Gasteiger partial charge in [-0.2, -0.15) is 0 Å². The lowest BCUT2D eigenvalue weighted by Crippen LogP contribution is -2.30. The van der Waals surface area contributed by atoms with E-state index in [0.717, 1.165) is 41.4 Å². The Bertz CT molecular complexity index is 1180. The minimum absolute atomic E-state index is 0.231. The van der Waals surface area contributed by atoms with Crippen molar-refractivity contribution in [1.29, 1.82) is 0 Å². The van der Waals surface area contributed by atoms with Gasteiger partial charge in [-0.1, -0.05) is 53.0 Å². The Morgan fingerprint density at radius 2 is 1.80 bits per heavy atom. The molecule has 30 heavy (non-hydrogen) atoms. The number of carbonyl (C=O) groups is 2. The van der Waals surface area contributed by atoms with E-state index in [2.05, 4.69) is 10.3 Å². The van der Waals surface area contributed by atoms with E-state index in [9.17, 15) is 9.59 Å². The summed E-state index contributed by atoms with van der Waals surface area (Å²) in [5, 5.41) is 4.10. The minimum atomic E-state index is -1.05. The Morgan fingerprint density at radius 3 is 2.60 bits per heavy atom. The quantitative estimate of drug-likeness (QED) is 0.388. The van der Waals surface area contributed by atoms with E-state index >= 15 is 0 Å². The van der Waals surface area contributed by atoms with Crippen molar-refractivity contribution in [2.45, 2.75) is 32.3 Å². The molecule has 1 aromatic heterocycles. The number of anilines is 1. The van der Waals surface area contributed by atoms with Crippen molar-refractivity contribution in [3.63, 3.8) is 0 Å². The average molecular weight is 464 g/mol. The highest BCUT2D eigenvalue weighted by Crippen LogP contribution is 2.33. The van der Waals surface area contributed by atoms with Crippen molar-refractivity contribution in [1.82, 2.24) is 4.98 Å². The second-order valence-electron chi connectivity index (χ2n) is 7.07. The molecule has 8 heteroatoms. The number of aromatic nitrogens is 1. The molecule has 3 aromatic rings. The minimum Gasteiger partial charge on any atom is -0.449 e. The molecule has 1 heterocycles. The highest BCUT2D eigenvalue weighted by Gasteiger charge is 2.27. The Hall–Kier alpha value is -2.34. The number of rotatable bonds is 4. The molecule has 1 aliphatic carbocycles. The van der Waals surface area contributed by atoms with Crippen molar-refractivity contribution < 1.29 is 14.3 Å². The van der Waals surface area contributed by atoms with Crippen LogP contribution in [0.15, 0.2) is 36.4 Å². The van der Waals surface area contributed by atoms with E-state index in [1.54, 1.807) is 0 Å². The van der Waals surface area contributed by atoms with E-state index in [1.165, 1.54) is 19.1 Å². The number of para-hydroxylation sites is 1. The first kappa shape index (κ1) is 20.9. The van der Waals surface area contributed by atoms with E-state index in [1.807, 2.05) is 24.3 Å². The standard InChI is InChI=1S/C22H17Cl3N2O3/c1-11(21(28)27-19-10-15(24)14(23)9-16(19)25)30-22(29)20-12-5-2-3-7-17(12)26-18-8-4-6-13(18)20/h2-3,5,7,9-11H,4,6,8H2,1H3,(H,27,28)/t11-/m0/s1. The molecule has 0 spiro atoms. The highest BCUT2D eigenvalue weighted by atomic mass is 35.5. The van der Waals surface area contributed by atoms with Gasteiger partial charge in [-0.3, -0.25) is 9.78 Å². The van der Waals surface area contributed by atoms with Crippen molar-refractivity contribution >= 4 is 63.3 Å². The van der Waals surface area contributed by atoms with Gasteiger partial charge in [0.05, 0.1) is 31.8 Å². The fourth-order valence-corrected chi connectivity index (χ4v) is 4.16. The molecule has 0 fully saturated rings. The molecule has 154 valence electrons. The predicted octanol–water partition coefficient (Wildman–Crippen LogP) is 5.87. The molecular weight excluding hydrogens is 447 g/mol. The number of ether oxygens (including phenoxy) is 1. The molecule has 4 rings (SSSR count). The van der Waals surface area contributed by atoms with Crippen LogP contribution in [-0.4, -0.2) is 23.0 Å². The van der Waals surface area contributed by atoms with Crippen LogP contribution in [0.4, 0.5) is 5.69 Å². The first-order valence-electron chi connectivity index (χ1n) is 9.42. The fraction of sp³-hybridized carbons (Fsp3) is 0.227. The number of nitrogens with one attached hydrogen (secondary N) is 1. The third kappa shape index (κ3) is 3.97. The summed E-state index contributed by atoms with van der Waals surface area (Å²) in [6, 6.07) is 10.3. The molecule has 1 aliphatic rings. The lowest BCUT2D eigenvalue weighted by Gasteiger charge is -2.17. The molecule has 5 nitrogen and oxygen atoms in total. The first-order valence-corrected chi connectivity index (χ1v) is 10.6. The second-order valence-corrected chi connectivity index (χ2v) is 8.29. The van der Waals surface area contributed by atoms with Gasteiger partial charge in [0.15, 0.2) is 6.10 Å². The molecule has 1 amide bonds. The monoisotopic (exact) mass is 462 g/mol. The lowest BCUT2D eigenvalue weighted by molar-refractivity contribution is -0.123. The molecule has 0 aliphatic heterocycles. The van der Waals surface area contributed by atoms with Gasteiger partial charge in [-0.05, 0) is 49.9 Å². The van der Waals surface area contributed by atoms with Crippen LogP contribution in [0.1, 0.15) is 35.0 Å². The number of carbonyl (C=O) groups excluding carboxylic acids is 2. The lowest BCUT2D eigenvalue weighted by atomic mass is 10.0. The molecule has 0 radical (unpaired) electrons. The Labute approximate surface area is 188 Å². The van der Waals surface area contributed by atoms with E-state index in [-0.39, 0.29) is 20.8 Å². The third-order valence-electron chi connectivity index (χ3n) is 5.04. The summed E-state index contributed by atoms with van der Waals surface area (Å²) in [4.78, 5) is 30.3. The number of hydrogen-bond acceptors (Lipinski definition) is 4. The smallest absolute Gasteiger partial charge is 0.339 e. The normalized spacial score (nSPS) is 13.7. The van der Waals surface area contributed by atoms with Crippen LogP contribution in [0.5, 0.6) is 0 Å². The molecule has 0 unspecified atom stereocenters. The predicted molar refractivity (Wildman–Crippen MR) is 119 cm³/mol. The summed E-state index contributed by atoms with van der Waals surface area (Å²) in [5.41, 5.74) is 3.33. The summed E-state index contributed by atoms with van der Waals surface area (Å²) in [6.07, 6.45) is 1.47. The van der Waals surface area contributed by atoms with Crippen LogP contribution in [0.3, 0.4) is 0 Å². The van der Waals surface area contributed by atoms with Crippen molar-refractivity contribution in [3.05, 3.63) is 68.3 Å². The van der Waals surface area contributed by atoms with Crippen LogP contribution in [0, 0.1) is 0 Å². The van der Waals surface area contributed by atoms with Crippen molar-refractivity contribution in [2.75, 3.05) is 5.32 Å². The maximum absolute atomic E-state index is 13.1. The van der Waals surface area contributed by atoms with E-state index in [0.29, 0.717) is 5.56 Å². The molecule has 0 bridgehead atoms. The van der Waals surface area contributed by atoms with Gasteiger partial charge in [0.25, 0.3) is 5.91 Å². The van der Waals surface area contributed by atoms with Crippen molar-refractivity contribution in [2.24, 2.45) is 0 Å². The van der Waals surface area contributed by atoms with Gasteiger partial charge >= 0.3 is 5.97 Å². The number of amides is 1. The number of fused-ring (bicyclic) bond motifs is 2. The number of pyridine rings is 1. The van der Waals surface area contributed by atoms with Crippen LogP contribution in [-0.2, 0) is 22.4 Å². The average Bonchev–Trinajstić information content (AvgIpc) is 3.17.